The van der Waals surface area contributed by atoms with Crippen molar-refractivity contribution in [2.45, 2.75) is 96.0 Å². The number of hydrogen-bond acceptors (Lipinski definition) is 10. The molecule has 0 spiro atoms. The second-order valence-corrected chi connectivity index (χ2v) is 23.1. The Kier molecular flexibility index (Phi) is 10.9. The quantitative estimate of drug-likeness (QED) is 0.0890. The van der Waals surface area contributed by atoms with Crippen molar-refractivity contribution in [2.24, 2.45) is 11.8 Å². The van der Waals surface area contributed by atoms with Crippen LogP contribution in [0.25, 0.3) is 10.6 Å². The van der Waals surface area contributed by atoms with E-state index in [1.807, 2.05) is 114 Å². The number of ether oxygens (including phenoxy) is 2. The summed E-state index contributed by atoms with van der Waals surface area (Å²) in [6.07, 6.45) is 2.18. The minimum Gasteiger partial charge on any atom is -0.507 e. The Balaban J connectivity index is 1.33. The van der Waals surface area contributed by atoms with Gasteiger partial charge in [0.15, 0.2) is 19.7 Å². The number of hydrogen-bond donors (Lipinski definition) is 1. The highest BCUT2D eigenvalue weighted by Gasteiger charge is 2.69. The van der Waals surface area contributed by atoms with Crippen molar-refractivity contribution < 1.29 is 37.5 Å². The zero-order valence-electron chi connectivity index (χ0n) is 35.4. The zero-order valence-corrected chi connectivity index (χ0v) is 36.4. The molecule has 0 unspecified atom stereocenters. The number of aromatic nitrogens is 1. The smallest absolute Gasteiger partial charge is 0.265 e. The fourth-order valence-electron chi connectivity index (χ4n) is 9.37. The maximum atomic E-state index is 17.3. The van der Waals surface area contributed by atoms with Gasteiger partial charge >= 0.3 is 0 Å². The van der Waals surface area contributed by atoms with E-state index in [1.54, 1.807) is 0 Å². The SMILES string of the molecule is [C-]#[N+]c1c(CN2CCCC2)c(F)c2c(c1OCc1ccccc1)C(O)=C1C(=O)[C@]3(O[Si](C)(C)C(C)(C)C)C(=O)c4c(OCc5ccccc5)noc4[C@@H](N(C)C)[C@@H]3C[C@@H]1C2. The van der Waals surface area contributed by atoms with E-state index in [0.29, 0.717) is 0 Å². The molecule has 13 heteroatoms. The van der Waals surface area contributed by atoms with E-state index >= 15 is 14.0 Å². The van der Waals surface area contributed by atoms with Crippen LogP contribution in [0.1, 0.15) is 90.0 Å². The Bertz CT molecular complexity index is 2400. The third-order valence-electron chi connectivity index (χ3n) is 13.4. The maximum Gasteiger partial charge on any atom is 0.265 e. The van der Waals surface area contributed by atoms with E-state index in [4.69, 9.17) is 25.0 Å². The largest absolute Gasteiger partial charge is 0.507 e. The molecule has 2 fully saturated rings. The molecule has 8 rings (SSSR count). The number of likely N-dealkylation sites (tertiary alicyclic amines) is 1. The number of halogens is 1. The van der Waals surface area contributed by atoms with Crippen molar-refractivity contribution in [3.05, 3.63) is 123 Å². The predicted octanol–water partition coefficient (Wildman–Crippen LogP) is 9.41. The molecule has 314 valence electrons. The molecule has 4 aromatic rings. The van der Waals surface area contributed by atoms with E-state index in [2.05, 4.69) is 14.9 Å². The topological polar surface area (TPSA) is 119 Å². The summed E-state index contributed by atoms with van der Waals surface area (Å²) in [5.41, 5.74) is -0.115. The molecule has 1 aromatic heterocycles. The molecule has 1 N–H and O–H groups in total. The van der Waals surface area contributed by atoms with E-state index in [9.17, 15) is 5.11 Å². The summed E-state index contributed by atoms with van der Waals surface area (Å²) < 4.78 is 43.2. The summed E-state index contributed by atoms with van der Waals surface area (Å²) in [4.78, 5) is 39.4. The first-order chi connectivity index (χ1) is 28.6. The second kappa shape index (κ2) is 15.7. The van der Waals surface area contributed by atoms with Crippen LogP contribution in [0.4, 0.5) is 10.1 Å². The molecule has 1 saturated carbocycles. The van der Waals surface area contributed by atoms with Gasteiger partial charge in [-0.2, -0.15) is 0 Å². The summed E-state index contributed by atoms with van der Waals surface area (Å²) in [6, 6.07) is 18.2. The van der Waals surface area contributed by atoms with Gasteiger partial charge in [0.1, 0.15) is 36.1 Å². The van der Waals surface area contributed by atoms with E-state index in [1.165, 1.54) is 0 Å². The van der Waals surface area contributed by atoms with Crippen LogP contribution in [0.15, 0.2) is 70.8 Å². The zero-order chi connectivity index (χ0) is 42.7. The third kappa shape index (κ3) is 6.87. The van der Waals surface area contributed by atoms with Crippen LogP contribution >= 0.6 is 0 Å². The number of Topliss-reactive ketones (excluding diaryl/α,β-unsaturated/α-hetero) is 2. The Labute approximate surface area is 352 Å². The van der Waals surface area contributed by atoms with Gasteiger partial charge in [-0.25, -0.2) is 9.24 Å². The van der Waals surface area contributed by atoms with Crippen LogP contribution < -0.4 is 9.47 Å². The van der Waals surface area contributed by atoms with Gasteiger partial charge in [-0.3, -0.25) is 14.5 Å². The van der Waals surface area contributed by atoms with Crippen molar-refractivity contribution in [3.8, 4) is 11.6 Å². The van der Waals surface area contributed by atoms with E-state index in [0.717, 1.165) is 37.1 Å². The molecule has 0 radical (unpaired) electrons. The molecule has 4 aliphatic rings. The lowest BCUT2D eigenvalue weighted by Gasteiger charge is -2.55. The Morgan fingerprint density at radius 3 is 2.18 bits per heavy atom. The van der Waals surface area contributed by atoms with Crippen molar-refractivity contribution in [2.75, 3.05) is 27.2 Å². The number of carbonyl (C=O) groups excluding carboxylic acids is 2. The average molecular weight is 833 g/mol. The lowest BCUT2D eigenvalue weighted by Crippen LogP contribution is -2.68. The standard InChI is InChI=1S/C47H53FN4O7Si/c1-46(2,3)60(7,8)59-47-33(39(51(5)6)42-36(44(47)55)45(50-58-42)57-27-29-19-13-10-14-20-29)24-30-23-31-35(40(53)34(30)43(47)54)41(56-26-28-17-11-9-12-18-28)38(49-4)32(37(31)48)25-52-21-15-16-22-52/h9-14,17-20,30,33,39,53H,15-16,21-27H2,1-3,5-8H3/t30-,33-,39-,47-/m0/s1. The van der Waals surface area contributed by atoms with Crippen LogP contribution in [0.5, 0.6) is 11.6 Å². The summed E-state index contributed by atoms with van der Waals surface area (Å²) in [6.45, 7) is 20.3. The minimum atomic E-state index is -2.99. The second-order valence-electron chi connectivity index (χ2n) is 18.4. The van der Waals surface area contributed by atoms with Crippen molar-refractivity contribution in [3.63, 3.8) is 0 Å². The molecular weight excluding hydrogens is 780 g/mol. The highest BCUT2D eigenvalue weighted by atomic mass is 28.4. The van der Waals surface area contributed by atoms with E-state index < -0.39 is 60.0 Å². The van der Waals surface area contributed by atoms with Crippen molar-refractivity contribution in [1.29, 1.82) is 0 Å². The van der Waals surface area contributed by atoms with Gasteiger partial charge in [-0.1, -0.05) is 81.4 Å². The third-order valence-corrected chi connectivity index (χ3v) is 17.8. The number of rotatable bonds is 11. The van der Waals surface area contributed by atoms with Gasteiger partial charge in [0.05, 0.1) is 18.2 Å². The molecule has 0 bridgehead atoms. The fraction of sp³-hybridized carbons (Fsp3) is 0.447. The number of aliphatic hydroxyl groups excluding tert-OH is 1. The lowest BCUT2D eigenvalue weighted by molar-refractivity contribution is -0.140. The first-order valence-corrected chi connectivity index (χ1v) is 23.7. The highest BCUT2D eigenvalue weighted by molar-refractivity contribution is 6.74. The van der Waals surface area contributed by atoms with Crippen molar-refractivity contribution >= 4 is 31.3 Å². The maximum absolute atomic E-state index is 17.3. The van der Waals surface area contributed by atoms with Gasteiger partial charge in [-0.05, 0) is 93.2 Å². The fourth-order valence-corrected chi connectivity index (χ4v) is 10.8. The number of aliphatic hydroxyl groups is 1. The predicted molar refractivity (Wildman–Crippen MR) is 227 cm³/mol. The molecule has 0 amide bonds. The summed E-state index contributed by atoms with van der Waals surface area (Å²) in [7, 11) is 0.710. The number of carbonyl (C=O) groups is 2. The number of benzene rings is 3. The molecule has 1 saturated heterocycles. The molecule has 4 atom stereocenters. The number of ketones is 2. The Hall–Kier alpha value is -5.13. The highest BCUT2D eigenvalue weighted by Crippen LogP contribution is 2.60. The van der Waals surface area contributed by atoms with Crippen LogP contribution in [0.3, 0.4) is 0 Å². The van der Waals surface area contributed by atoms with Crippen LogP contribution in [0, 0.1) is 24.2 Å². The first-order valence-electron chi connectivity index (χ1n) is 20.8. The van der Waals surface area contributed by atoms with Gasteiger partial charge < -0.3 is 28.4 Å². The molecule has 2 heterocycles. The van der Waals surface area contributed by atoms with Crippen LogP contribution in [-0.4, -0.2) is 72.7 Å². The number of nitrogens with zero attached hydrogens (tertiary/aromatic N) is 4. The van der Waals surface area contributed by atoms with Crippen LogP contribution in [-0.2, 0) is 35.4 Å². The van der Waals surface area contributed by atoms with Gasteiger partial charge in [0.2, 0.25) is 17.3 Å². The molecular formula is C47H53FN4O7Si. The number of fused-ring (bicyclic) bond motifs is 4. The van der Waals surface area contributed by atoms with Gasteiger partial charge in [0.25, 0.3) is 5.88 Å². The molecule has 3 aromatic carbocycles. The lowest BCUT2D eigenvalue weighted by atomic mass is 9.57. The molecule has 60 heavy (non-hydrogen) atoms. The average Bonchev–Trinajstić information content (AvgIpc) is 3.89. The Morgan fingerprint density at radius 2 is 1.60 bits per heavy atom. The summed E-state index contributed by atoms with van der Waals surface area (Å²) in [5, 5.41) is 16.5. The van der Waals surface area contributed by atoms with Crippen molar-refractivity contribution in [1.82, 2.24) is 15.0 Å². The minimum absolute atomic E-state index is 0.0231. The monoisotopic (exact) mass is 832 g/mol. The molecule has 1 aliphatic heterocycles. The normalized spacial score (nSPS) is 22.9. The molecule has 11 nitrogen and oxygen atoms in total. The first kappa shape index (κ1) is 41.6. The summed E-state index contributed by atoms with van der Waals surface area (Å²) in [5.74, 6) is -3.66. The van der Waals surface area contributed by atoms with Crippen LogP contribution in [0.2, 0.25) is 18.1 Å². The Morgan fingerprint density at radius 1 is 0.983 bits per heavy atom. The molecule has 3 aliphatic carbocycles. The van der Waals surface area contributed by atoms with Gasteiger partial charge in [-0.15, -0.1) is 0 Å². The van der Waals surface area contributed by atoms with E-state index in [-0.39, 0.29) is 83.5 Å². The van der Waals surface area contributed by atoms with Gasteiger partial charge in [0, 0.05) is 29.2 Å². The summed E-state index contributed by atoms with van der Waals surface area (Å²) >= 11 is 0.